The van der Waals surface area contributed by atoms with Gasteiger partial charge in [0.25, 0.3) is 0 Å². The molecular weight excluding hydrogens is 262 g/mol. The lowest BCUT2D eigenvalue weighted by atomic mass is 10.2. The third-order valence-electron chi connectivity index (χ3n) is 3.58. The van der Waals surface area contributed by atoms with Gasteiger partial charge in [0.05, 0.1) is 0 Å². The molecule has 0 radical (unpaired) electrons. The number of hydrogen-bond donors (Lipinski definition) is 1. The third kappa shape index (κ3) is 3.45. The van der Waals surface area contributed by atoms with Gasteiger partial charge in [-0.05, 0) is 38.1 Å². The second kappa shape index (κ2) is 5.88. The Balaban J connectivity index is 2.08. The van der Waals surface area contributed by atoms with Gasteiger partial charge in [-0.2, -0.15) is 0 Å². The van der Waals surface area contributed by atoms with Crippen LogP contribution in [0.5, 0.6) is 0 Å². The molecule has 0 saturated carbocycles. The summed E-state index contributed by atoms with van der Waals surface area (Å²) in [6.45, 7) is 5.06. The van der Waals surface area contributed by atoms with Crippen molar-refractivity contribution in [2.24, 2.45) is 0 Å². The van der Waals surface area contributed by atoms with E-state index in [1.807, 2.05) is 0 Å². The minimum absolute atomic E-state index is 0.274. The fourth-order valence-electron chi connectivity index (χ4n) is 2.58. The molecule has 1 aromatic heterocycles. The Labute approximate surface area is 114 Å². The summed E-state index contributed by atoms with van der Waals surface area (Å²) in [6, 6.07) is 3.71. The van der Waals surface area contributed by atoms with Crippen molar-refractivity contribution in [2.75, 3.05) is 31.2 Å². The van der Waals surface area contributed by atoms with Crippen molar-refractivity contribution in [3.63, 3.8) is 0 Å². The van der Waals surface area contributed by atoms with E-state index < -0.39 is 9.84 Å². The van der Waals surface area contributed by atoms with Crippen molar-refractivity contribution >= 4 is 15.7 Å². The van der Waals surface area contributed by atoms with Crippen LogP contribution in [0.3, 0.4) is 0 Å². The van der Waals surface area contributed by atoms with E-state index in [2.05, 4.69) is 22.1 Å². The third-order valence-corrected chi connectivity index (χ3v) is 4.71. The predicted octanol–water partition coefficient (Wildman–Crippen LogP) is 1.38. The van der Waals surface area contributed by atoms with Gasteiger partial charge in [0.1, 0.15) is 10.7 Å². The molecule has 0 aromatic carbocycles. The largest absolute Gasteiger partial charge is 0.367 e. The zero-order chi connectivity index (χ0) is 13.9. The van der Waals surface area contributed by atoms with E-state index in [9.17, 15) is 8.42 Å². The molecule has 1 atom stereocenters. The van der Waals surface area contributed by atoms with Crippen LogP contribution in [0, 0.1) is 0 Å². The van der Waals surface area contributed by atoms with Crippen LogP contribution in [0.15, 0.2) is 23.2 Å². The molecule has 0 amide bonds. The Morgan fingerprint density at radius 1 is 1.53 bits per heavy atom. The van der Waals surface area contributed by atoms with E-state index in [0.717, 1.165) is 26.1 Å². The number of nitrogens with zero attached hydrogens (tertiary/aromatic N) is 2. The Kier molecular flexibility index (Phi) is 4.42. The van der Waals surface area contributed by atoms with Crippen molar-refractivity contribution in [2.45, 2.75) is 30.7 Å². The van der Waals surface area contributed by atoms with E-state index in [4.69, 9.17) is 0 Å². The molecule has 2 heterocycles. The molecule has 2 rings (SSSR count). The van der Waals surface area contributed by atoms with Crippen LogP contribution in [0.25, 0.3) is 0 Å². The minimum atomic E-state index is -3.24. The number of likely N-dealkylation sites (tertiary alicyclic amines) is 1. The summed E-state index contributed by atoms with van der Waals surface area (Å²) in [5, 5.41) is 3.19. The molecule has 1 N–H and O–H groups in total. The normalized spacial score (nSPS) is 20.6. The van der Waals surface area contributed by atoms with E-state index in [-0.39, 0.29) is 4.90 Å². The zero-order valence-electron chi connectivity index (χ0n) is 11.5. The summed E-state index contributed by atoms with van der Waals surface area (Å²) in [6.07, 6.45) is 5.19. The van der Waals surface area contributed by atoms with Crippen molar-refractivity contribution in [1.82, 2.24) is 9.88 Å². The van der Waals surface area contributed by atoms with E-state index in [1.54, 1.807) is 18.3 Å². The van der Waals surface area contributed by atoms with Crippen LogP contribution in [-0.4, -0.2) is 50.2 Å². The van der Waals surface area contributed by atoms with Gasteiger partial charge >= 0.3 is 0 Å². The van der Waals surface area contributed by atoms with Gasteiger partial charge in [0.2, 0.25) is 0 Å². The molecule has 1 saturated heterocycles. The lowest BCUT2D eigenvalue weighted by Crippen LogP contribution is -2.35. The second-order valence-corrected chi connectivity index (χ2v) is 6.91. The van der Waals surface area contributed by atoms with Crippen LogP contribution in [0.4, 0.5) is 5.82 Å². The lowest BCUT2D eigenvalue weighted by Gasteiger charge is -2.23. The summed E-state index contributed by atoms with van der Waals surface area (Å²) in [5.41, 5.74) is 0. The number of hydrogen-bond acceptors (Lipinski definition) is 5. The Bertz CT molecular complexity index is 530. The first-order valence-electron chi connectivity index (χ1n) is 6.65. The smallest absolute Gasteiger partial charge is 0.179 e. The Morgan fingerprint density at radius 3 is 3.00 bits per heavy atom. The van der Waals surface area contributed by atoms with Crippen molar-refractivity contribution in [1.29, 1.82) is 0 Å². The van der Waals surface area contributed by atoms with Crippen LogP contribution in [0.2, 0.25) is 0 Å². The van der Waals surface area contributed by atoms with E-state index in [0.29, 0.717) is 11.9 Å². The summed E-state index contributed by atoms with van der Waals surface area (Å²) in [4.78, 5) is 6.84. The molecule has 1 aliphatic rings. The average Bonchev–Trinajstić information content (AvgIpc) is 2.83. The van der Waals surface area contributed by atoms with Crippen LogP contribution < -0.4 is 5.32 Å². The van der Waals surface area contributed by atoms with E-state index in [1.165, 1.54) is 12.7 Å². The van der Waals surface area contributed by atoms with Crippen molar-refractivity contribution in [3.05, 3.63) is 18.3 Å². The first-order valence-corrected chi connectivity index (χ1v) is 8.54. The number of likely N-dealkylation sites (N-methyl/N-ethyl adjacent to an activating group) is 1. The van der Waals surface area contributed by atoms with Gasteiger partial charge in [-0.3, -0.25) is 4.90 Å². The molecule has 1 aliphatic heterocycles. The predicted molar refractivity (Wildman–Crippen MR) is 76.1 cm³/mol. The van der Waals surface area contributed by atoms with Gasteiger partial charge in [-0.25, -0.2) is 13.4 Å². The Morgan fingerprint density at radius 2 is 2.32 bits per heavy atom. The highest BCUT2D eigenvalue weighted by molar-refractivity contribution is 7.90. The van der Waals surface area contributed by atoms with Gasteiger partial charge in [0, 0.05) is 25.0 Å². The highest BCUT2D eigenvalue weighted by Gasteiger charge is 2.23. The highest BCUT2D eigenvalue weighted by Crippen LogP contribution is 2.20. The summed E-state index contributed by atoms with van der Waals surface area (Å²) >= 11 is 0. The summed E-state index contributed by atoms with van der Waals surface area (Å²) < 4.78 is 23.4. The summed E-state index contributed by atoms with van der Waals surface area (Å²) in [5.74, 6) is 0.466. The Hall–Kier alpha value is -1.14. The molecule has 1 aromatic rings. The first kappa shape index (κ1) is 14.3. The average molecular weight is 283 g/mol. The number of pyridine rings is 1. The maximum atomic E-state index is 11.7. The zero-order valence-corrected chi connectivity index (χ0v) is 12.3. The molecule has 5 nitrogen and oxygen atoms in total. The van der Waals surface area contributed by atoms with Crippen molar-refractivity contribution < 1.29 is 8.42 Å². The van der Waals surface area contributed by atoms with Gasteiger partial charge < -0.3 is 5.32 Å². The topological polar surface area (TPSA) is 62.3 Å². The lowest BCUT2D eigenvalue weighted by molar-refractivity contribution is 0.277. The molecule has 6 heteroatoms. The fraction of sp³-hybridized carbons (Fsp3) is 0.615. The van der Waals surface area contributed by atoms with Crippen LogP contribution in [0.1, 0.15) is 19.8 Å². The van der Waals surface area contributed by atoms with Crippen LogP contribution in [-0.2, 0) is 9.84 Å². The summed E-state index contributed by atoms with van der Waals surface area (Å²) in [7, 11) is -3.24. The van der Waals surface area contributed by atoms with E-state index >= 15 is 0 Å². The quantitative estimate of drug-likeness (QED) is 0.884. The molecule has 1 fully saturated rings. The number of sulfone groups is 1. The molecule has 0 spiro atoms. The minimum Gasteiger partial charge on any atom is -0.367 e. The molecule has 106 valence electrons. The number of rotatable bonds is 5. The molecule has 19 heavy (non-hydrogen) atoms. The second-order valence-electron chi connectivity index (χ2n) is 4.93. The SMILES string of the molecule is CCN1CCCC1CNc1ncccc1S(C)(=O)=O. The molecular formula is C13H21N3O2S. The number of anilines is 1. The maximum absolute atomic E-state index is 11.7. The van der Waals surface area contributed by atoms with Crippen molar-refractivity contribution in [3.8, 4) is 0 Å². The highest BCUT2D eigenvalue weighted by atomic mass is 32.2. The molecule has 1 unspecified atom stereocenters. The number of nitrogens with one attached hydrogen (secondary N) is 1. The van der Waals surface area contributed by atoms with Gasteiger partial charge in [0.15, 0.2) is 9.84 Å². The standard InChI is InChI=1S/C13H21N3O2S/c1-3-16-9-5-6-11(16)10-15-13-12(19(2,17)18)7-4-8-14-13/h4,7-8,11H,3,5-6,9-10H2,1-2H3,(H,14,15). The molecule has 0 aliphatic carbocycles. The fourth-order valence-corrected chi connectivity index (χ4v) is 3.38. The van der Waals surface area contributed by atoms with Gasteiger partial charge in [-0.1, -0.05) is 6.92 Å². The van der Waals surface area contributed by atoms with Gasteiger partial charge in [-0.15, -0.1) is 0 Å². The van der Waals surface area contributed by atoms with Crippen LogP contribution >= 0.6 is 0 Å². The molecule has 0 bridgehead atoms. The maximum Gasteiger partial charge on any atom is 0.179 e. The number of aromatic nitrogens is 1. The first-order chi connectivity index (χ1) is 9.02. The monoisotopic (exact) mass is 283 g/mol.